The standard InChI is InChI=1S/C14H17N3O4/c1-21-12(13(18)19)10-16-14(20)17(9-5-8-15)11-6-3-2-4-7-11/h2-4,6-7,12H,5,9-10H2,1H3,(H,16,20)(H,18,19). The number of amides is 2. The Bertz CT molecular complexity index is 513. The topological polar surface area (TPSA) is 103 Å². The fourth-order valence-electron chi connectivity index (χ4n) is 1.66. The predicted octanol–water partition coefficient (Wildman–Crippen LogP) is 1.22. The van der Waals surface area contributed by atoms with Gasteiger partial charge in [0.2, 0.25) is 0 Å². The van der Waals surface area contributed by atoms with Gasteiger partial charge in [0.15, 0.2) is 6.10 Å². The van der Waals surface area contributed by atoms with Crippen LogP contribution in [0.1, 0.15) is 6.42 Å². The normalized spacial score (nSPS) is 11.2. The second kappa shape index (κ2) is 8.55. The van der Waals surface area contributed by atoms with Crippen LogP contribution in [0.3, 0.4) is 0 Å². The van der Waals surface area contributed by atoms with Crippen LogP contribution in [0.4, 0.5) is 10.5 Å². The monoisotopic (exact) mass is 291 g/mol. The fraction of sp³-hybridized carbons (Fsp3) is 0.357. The molecule has 0 fully saturated rings. The molecule has 1 atom stereocenters. The lowest BCUT2D eigenvalue weighted by atomic mass is 10.3. The van der Waals surface area contributed by atoms with Crippen molar-refractivity contribution in [1.29, 1.82) is 5.26 Å². The Labute approximate surface area is 122 Å². The quantitative estimate of drug-likeness (QED) is 0.786. The third-order valence-corrected chi connectivity index (χ3v) is 2.76. The highest BCUT2D eigenvalue weighted by molar-refractivity contribution is 5.92. The Morgan fingerprint density at radius 3 is 2.62 bits per heavy atom. The van der Waals surface area contributed by atoms with Crippen LogP contribution in [0, 0.1) is 11.3 Å². The summed E-state index contributed by atoms with van der Waals surface area (Å²) in [5.74, 6) is -1.15. The molecule has 0 saturated carbocycles. The number of carbonyl (C=O) groups is 2. The molecule has 1 unspecified atom stereocenters. The zero-order valence-corrected chi connectivity index (χ0v) is 11.7. The first kappa shape index (κ1) is 16.5. The predicted molar refractivity (Wildman–Crippen MR) is 75.8 cm³/mol. The van der Waals surface area contributed by atoms with E-state index in [4.69, 9.17) is 15.1 Å². The van der Waals surface area contributed by atoms with Crippen molar-refractivity contribution in [3.05, 3.63) is 30.3 Å². The van der Waals surface area contributed by atoms with Gasteiger partial charge in [-0.3, -0.25) is 4.90 Å². The summed E-state index contributed by atoms with van der Waals surface area (Å²) < 4.78 is 4.74. The molecule has 0 bridgehead atoms. The van der Waals surface area contributed by atoms with Crippen molar-refractivity contribution in [2.24, 2.45) is 0 Å². The number of rotatable bonds is 7. The number of hydrogen-bond donors (Lipinski definition) is 2. The van der Waals surface area contributed by atoms with Crippen LogP contribution in [-0.2, 0) is 9.53 Å². The van der Waals surface area contributed by atoms with Crippen LogP contribution in [-0.4, -0.2) is 43.4 Å². The number of carboxylic acids is 1. The van der Waals surface area contributed by atoms with Gasteiger partial charge in [0, 0.05) is 19.3 Å². The number of nitriles is 1. The van der Waals surface area contributed by atoms with Crippen molar-refractivity contribution in [2.75, 3.05) is 25.1 Å². The molecular weight excluding hydrogens is 274 g/mol. The highest BCUT2D eigenvalue weighted by atomic mass is 16.5. The van der Waals surface area contributed by atoms with E-state index in [0.29, 0.717) is 5.69 Å². The van der Waals surface area contributed by atoms with Crippen molar-refractivity contribution in [2.45, 2.75) is 12.5 Å². The Morgan fingerprint density at radius 2 is 2.10 bits per heavy atom. The molecule has 1 aromatic carbocycles. The molecule has 0 heterocycles. The molecule has 1 aromatic rings. The van der Waals surface area contributed by atoms with Crippen LogP contribution in [0.2, 0.25) is 0 Å². The van der Waals surface area contributed by atoms with Crippen LogP contribution in [0.5, 0.6) is 0 Å². The Kier molecular flexibility index (Phi) is 6.71. The number of hydrogen-bond acceptors (Lipinski definition) is 4. The van der Waals surface area contributed by atoms with E-state index in [0.717, 1.165) is 0 Å². The zero-order valence-electron chi connectivity index (χ0n) is 11.7. The number of ether oxygens (including phenoxy) is 1. The molecular formula is C14H17N3O4. The van der Waals surface area contributed by atoms with E-state index < -0.39 is 18.1 Å². The number of benzene rings is 1. The smallest absolute Gasteiger partial charge is 0.334 e. The first-order chi connectivity index (χ1) is 10.1. The molecule has 112 valence electrons. The number of carbonyl (C=O) groups excluding carboxylic acids is 1. The van der Waals surface area contributed by atoms with E-state index in [9.17, 15) is 9.59 Å². The average Bonchev–Trinajstić information content (AvgIpc) is 2.49. The summed E-state index contributed by atoms with van der Waals surface area (Å²) in [6, 6.07) is 10.3. The van der Waals surface area contributed by atoms with Gasteiger partial charge in [-0.25, -0.2) is 9.59 Å². The second-order valence-electron chi connectivity index (χ2n) is 4.14. The molecule has 0 aromatic heterocycles. The number of carboxylic acid groups (broad SMARTS) is 1. The van der Waals surface area contributed by atoms with E-state index >= 15 is 0 Å². The fourth-order valence-corrected chi connectivity index (χ4v) is 1.66. The molecule has 0 aliphatic carbocycles. The highest BCUT2D eigenvalue weighted by Crippen LogP contribution is 2.13. The van der Waals surface area contributed by atoms with Gasteiger partial charge in [-0.2, -0.15) is 5.26 Å². The summed E-state index contributed by atoms with van der Waals surface area (Å²) in [6.07, 6.45) is -0.933. The van der Waals surface area contributed by atoms with Crippen molar-refractivity contribution in [3.8, 4) is 6.07 Å². The largest absolute Gasteiger partial charge is 0.479 e. The summed E-state index contributed by atoms with van der Waals surface area (Å²) in [4.78, 5) is 24.4. The second-order valence-corrected chi connectivity index (χ2v) is 4.14. The SMILES string of the molecule is COC(CNC(=O)N(CCC#N)c1ccccc1)C(=O)O. The lowest BCUT2D eigenvalue weighted by Crippen LogP contribution is -2.45. The number of para-hydroxylation sites is 1. The van der Waals surface area contributed by atoms with Gasteiger partial charge >= 0.3 is 12.0 Å². The van der Waals surface area contributed by atoms with Gasteiger partial charge in [0.1, 0.15) is 0 Å². The van der Waals surface area contributed by atoms with Crippen molar-refractivity contribution >= 4 is 17.7 Å². The maximum absolute atomic E-state index is 12.1. The minimum absolute atomic E-state index is 0.152. The van der Waals surface area contributed by atoms with E-state index in [1.807, 2.05) is 12.1 Å². The molecule has 0 spiro atoms. The van der Waals surface area contributed by atoms with E-state index in [2.05, 4.69) is 5.32 Å². The van der Waals surface area contributed by atoms with Gasteiger partial charge in [0.05, 0.1) is 19.0 Å². The number of methoxy groups -OCH3 is 1. The van der Waals surface area contributed by atoms with Crippen LogP contribution >= 0.6 is 0 Å². The van der Waals surface area contributed by atoms with Gasteiger partial charge < -0.3 is 15.2 Å². The lowest BCUT2D eigenvalue weighted by Gasteiger charge is -2.23. The Balaban J connectivity index is 2.73. The third kappa shape index (κ3) is 5.12. The van der Waals surface area contributed by atoms with Gasteiger partial charge in [-0.1, -0.05) is 18.2 Å². The zero-order chi connectivity index (χ0) is 15.7. The summed E-state index contributed by atoms with van der Waals surface area (Å²) in [5, 5.41) is 20.0. The average molecular weight is 291 g/mol. The Morgan fingerprint density at radius 1 is 1.43 bits per heavy atom. The molecule has 0 radical (unpaired) electrons. The summed E-state index contributed by atoms with van der Waals surface area (Å²) in [7, 11) is 1.26. The van der Waals surface area contributed by atoms with Crippen LogP contribution < -0.4 is 10.2 Å². The molecule has 2 amide bonds. The number of anilines is 1. The molecule has 0 saturated heterocycles. The molecule has 7 nitrogen and oxygen atoms in total. The maximum atomic E-state index is 12.1. The van der Waals surface area contributed by atoms with E-state index in [-0.39, 0.29) is 19.5 Å². The number of urea groups is 1. The van der Waals surface area contributed by atoms with Gasteiger partial charge in [-0.15, -0.1) is 0 Å². The molecule has 21 heavy (non-hydrogen) atoms. The third-order valence-electron chi connectivity index (χ3n) is 2.76. The van der Waals surface area contributed by atoms with Gasteiger partial charge in [-0.05, 0) is 12.1 Å². The maximum Gasteiger partial charge on any atom is 0.334 e. The lowest BCUT2D eigenvalue weighted by molar-refractivity contribution is -0.147. The van der Waals surface area contributed by atoms with Crippen molar-refractivity contribution < 1.29 is 19.4 Å². The molecule has 1 rings (SSSR count). The summed E-state index contributed by atoms with van der Waals surface area (Å²) in [6.45, 7) is 0.0671. The van der Waals surface area contributed by atoms with Crippen molar-refractivity contribution in [1.82, 2.24) is 5.32 Å². The van der Waals surface area contributed by atoms with Crippen LogP contribution in [0.25, 0.3) is 0 Å². The number of nitrogens with zero attached hydrogens (tertiary/aromatic N) is 2. The minimum atomic E-state index is -1.15. The summed E-state index contributed by atoms with van der Waals surface area (Å²) >= 11 is 0. The van der Waals surface area contributed by atoms with E-state index in [1.54, 1.807) is 24.3 Å². The molecule has 2 N–H and O–H groups in total. The number of aliphatic carboxylic acids is 1. The molecule has 0 aliphatic rings. The van der Waals surface area contributed by atoms with Gasteiger partial charge in [0.25, 0.3) is 0 Å². The first-order valence-corrected chi connectivity index (χ1v) is 6.33. The minimum Gasteiger partial charge on any atom is -0.479 e. The van der Waals surface area contributed by atoms with E-state index in [1.165, 1.54) is 12.0 Å². The highest BCUT2D eigenvalue weighted by Gasteiger charge is 2.20. The molecule has 7 heteroatoms. The number of nitrogens with one attached hydrogen (secondary N) is 1. The van der Waals surface area contributed by atoms with Crippen molar-refractivity contribution in [3.63, 3.8) is 0 Å². The Hall–Kier alpha value is -2.59. The van der Waals surface area contributed by atoms with Crippen LogP contribution in [0.15, 0.2) is 30.3 Å². The first-order valence-electron chi connectivity index (χ1n) is 6.33. The summed E-state index contributed by atoms with van der Waals surface area (Å²) in [5.41, 5.74) is 0.634. The molecule has 0 aliphatic heterocycles.